The van der Waals surface area contributed by atoms with Crippen molar-refractivity contribution in [2.45, 2.75) is 0 Å². The molecule has 134 valence electrons. The van der Waals surface area contributed by atoms with Crippen molar-refractivity contribution >= 4 is 28.6 Å². The van der Waals surface area contributed by atoms with Crippen molar-refractivity contribution in [1.29, 1.82) is 0 Å². The minimum Gasteiger partial charge on any atom is -0.352 e. The summed E-state index contributed by atoms with van der Waals surface area (Å²) in [5.74, 6) is -1.11. The first-order valence-electron chi connectivity index (χ1n) is 8.16. The Kier molecular flexibility index (Phi) is 4.11. The number of aromatic nitrogens is 3. The molecule has 1 fully saturated rings. The zero-order valence-corrected chi connectivity index (χ0v) is 13.7. The average molecular weight is 358 g/mol. The molecule has 0 spiro atoms. The number of fused-ring (bicyclic) bond motifs is 1. The van der Waals surface area contributed by atoms with E-state index in [1.54, 1.807) is 4.90 Å². The fourth-order valence-corrected chi connectivity index (χ4v) is 3.01. The standard InChI is InChI=1S/C17H16F2N6O/c18-13-2-1-11(9-14(13)19)23-17(26)25-7-5-24(6-8-25)16-12-3-4-20-15(12)21-10-22-16/h1-4,9-10H,5-8H2,(H,23,26)(H,20,21,22). The number of halogens is 2. The van der Waals surface area contributed by atoms with Gasteiger partial charge in [0.15, 0.2) is 11.6 Å². The van der Waals surface area contributed by atoms with Crippen LogP contribution in [0.4, 0.5) is 25.1 Å². The number of piperazine rings is 1. The Morgan fingerprint density at radius 2 is 1.88 bits per heavy atom. The Bertz CT molecular complexity index is 951. The van der Waals surface area contributed by atoms with Gasteiger partial charge in [-0.15, -0.1) is 0 Å². The van der Waals surface area contributed by atoms with Gasteiger partial charge in [0.25, 0.3) is 0 Å². The van der Waals surface area contributed by atoms with Gasteiger partial charge in [0.1, 0.15) is 17.8 Å². The average Bonchev–Trinajstić information content (AvgIpc) is 3.14. The van der Waals surface area contributed by atoms with Gasteiger partial charge in [-0.25, -0.2) is 23.5 Å². The molecule has 0 radical (unpaired) electrons. The molecule has 2 aromatic heterocycles. The molecule has 1 saturated heterocycles. The van der Waals surface area contributed by atoms with Gasteiger partial charge in [0.2, 0.25) is 0 Å². The smallest absolute Gasteiger partial charge is 0.321 e. The van der Waals surface area contributed by atoms with Crippen molar-refractivity contribution in [3.05, 3.63) is 48.4 Å². The minimum atomic E-state index is -0.994. The summed E-state index contributed by atoms with van der Waals surface area (Å²) in [6, 6.07) is 4.86. The molecule has 0 atom stereocenters. The summed E-state index contributed by atoms with van der Waals surface area (Å²) in [6.45, 7) is 2.21. The van der Waals surface area contributed by atoms with Crippen LogP contribution < -0.4 is 10.2 Å². The molecule has 2 amide bonds. The molecular formula is C17H16F2N6O. The summed E-state index contributed by atoms with van der Waals surface area (Å²) in [5.41, 5.74) is 0.995. The molecular weight excluding hydrogens is 342 g/mol. The molecule has 2 N–H and O–H groups in total. The Hall–Kier alpha value is -3.23. The summed E-state index contributed by atoms with van der Waals surface area (Å²) in [5, 5.41) is 3.53. The van der Waals surface area contributed by atoms with Crippen molar-refractivity contribution in [3.8, 4) is 0 Å². The van der Waals surface area contributed by atoms with Crippen molar-refractivity contribution in [1.82, 2.24) is 19.9 Å². The topological polar surface area (TPSA) is 77.2 Å². The summed E-state index contributed by atoms with van der Waals surface area (Å²) in [6.07, 6.45) is 3.32. The van der Waals surface area contributed by atoms with E-state index < -0.39 is 11.6 Å². The summed E-state index contributed by atoms with van der Waals surface area (Å²) in [7, 11) is 0. The Balaban J connectivity index is 1.40. The quantitative estimate of drug-likeness (QED) is 0.738. The lowest BCUT2D eigenvalue weighted by atomic mass is 10.2. The van der Waals surface area contributed by atoms with Gasteiger partial charge in [-0.05, 0) is 18.2 Å². The second kappa shape index (κ2) is 6.58. The molecule has 0 saturated carbocycles. The van der Waals surface area contributed by atoms with Gasteiger partial charge in [-0.3, -0.25) is 0 Å². The molecule has 1 aliphatic rings. The third-order valence-corrected chi connectivity index (χ3v) is 4.37. The molecule has 0 unspecified atom stereocenters. The number of H-pyrrole nitrogens is 1. The molecule has 0 bridgehead atoms. The van der Waals surface area contributed by atoms with Crippen LogP contribution in [0.25, 0.3) is 11.0 Å². The van der Waals surface area contributed by atoms with E-state index in [1.807, 2.05) is 12.3 Å². The first kappa shape index (κ1) is 16.2. The highest BCUT2D eigenvalue weighted by atomic mass is 19.2. The number of amides is 2. The fraction of sp³-hybridized carbons (Fsp3) is 0.235. The zero-order chi connectivity index (χ0) is 18.1. The molecule has 1 aromatic carbocycles. The lowest BCUT2D eigenvalue weighted by Gasteiger charge is -2.35. The molecule has 3 aromatic rings. The van der Waals surface area contributed by atoms with Crippen LogP contribution in [0, 0.1) is 11.6 Å². The second-order valence-electron chi connectivity index (χ2n) is 5.97. The van der Waals surface area contributed by atoms with Crippen LogP contribution in [0.5, 0.6) is 0 Å². The molecule has 0 aliphatic carbocycles. The normalized spacial score (nSPS) is 14.7. The minimum absolute atomic E-state index is 0.223. The van der Waals surface area contributed by atoms with Crippen LogP contribution in [0.2, 0.25) is 0 Å². The van der Waals surface area contributed by atoms with Gasteiger partial charge >= 0.3 is 6.03 Å². The van der Waals surface area contributed by atoms with Crippen LogP contribution in [0.3, 0.4) is 0 Å². The highest BCUT2D eigenvalue weighted by molar-refractivity contribution is 5.90. The summed E-state index contributed by atoms with van der Waals surface area (Å²) in [4.78, 5) is 27.6. The first-order valence-corrected chi connectivity index (χ1v) is 8.16. The van der Waals surface area contributed by atoms with Crippen LogP contribution in [-0.2, 0) is 0 Å². The molecule has 1 aliphatic heterocycles. The largest absolute Gasteiger partial charge is 0.352 e. The molecule has 4 rings (SSSR count). The number of urea groups is 1. The number of hydrogen-bond donors (Lipinski definition) is 2. The predicted octanol–water partition coefficient (Wildman–Crippen LogP) is 2.59. The summed E-state index contributed by atoms with van der Waals surface area (Å²) < 4.78 is 26.2. The third kappa shape index (κ3) is 3.03. The number of carbonyl (C=O) groups is 1. The van der Waals surface area contributed by atoms with Gasteiger partial charge in [-0.1, -0.05) is 0 Å². The van der Waals surface area contributed by atoms with Gasteiger partial charge < -0.3 is 20.1 Å². The maximum absolute atomic E-state index is 13.3. The van der Waals surface area contributed by atoms with Gasteiger partial charge in [-0.2, -0.15) is 0 Å². The number of rotatable bonds is 2. The van der Waals surface area contributed by atoms with E-state index in [0.29, 0.717) is 26.2 Å². The number of benzene rings is 1. The Labute approximate surface area is 147 Å². The second-order valence-corrected chi connectivity index (χ2v) is 5.97. The number of carbonyl (C=O) groups excluding carboxylic acids is 1. The van der Waals surface area contributed by atoms with E-state index in [9.17, 15) is 13.6 Å². The Morgan fingerprint density at radius 1 is 1.08 bits per heavy atom. The van der Waals surface area contributed by atoms with E-state index in [-0.39, 0.29) is 11.7 Å². The van der Waals surface area contributed by atoms with Crippen LogP contribution in [-0.4, -0.2) is 52.1 Å². The first-order chi connectivity index (χ1) is 12.6. The number of nitrogens with zero attached hydrogens (tertiary/aromatic N) is 4. The van der Waals surface area contributed by atoms with E-state index in [1.165, 1.54) is 12.4 Å². The SMILES string of the molecule is O=C(Nc1ccc(F)c(F)c1)N1CCN(c2ncnc3[nH]ccc23)CC1. The Morgan fingerprint density at radius 3 is 2.65 bits per heavy atom. The molecule has 7 nitrogen and oxygen atoms in total. The highest BCUT2D eigenvalue weighted by Crippen LogP contribution is 2.23. The monoisotopic (exact) mass is 358 g/mol. The van der Waals surface area contributed by atoms with Crippen LogP contribution in [0.1, 0.15) is 0 Å². The number of aromatic amines is 1. The van der Waals surface area contributed by atoms with Gasteiger partial charge in [0.05, 0.1) is 5.39 Å². The van der Waals surface area contributed by atoms with Crippen molar-refractivity contribution in [2.24, 2.45) is 0 Å². The molecule has 9 heteroatoms. The zero-order valence-electron chi connectivity index (χ0n) is 13.7. The van der Waals surface area contributed by atoms with Crippen molar-refractivity contribution in [3.63, 3.8) is 0 Å². The van der Waals surface area contributed by atoms with Crippen LogP contribution >= 0.6 is 0 Å². The lowest BCUT2D eigenvalue weighted by Crippen LogP contribution is -2.50. The van der Waals surface area contributed by atoms with E-state index in [0.717, 1.165) is 29.0 Å². The van der Waals surface area contributed by atoms with E-state index in [2.05, 4.69) is 25.2 Å². The maximum atomic E-state index is 13.3. The lowest BCUT2D eigenvalue weighted by molar-refractivity contribution is 0.208. The maximum Gasteiger partial charge on any atom is 0.321 e. The molecule has 3 heterocycles. The molecule has 26 heavy (non-hydrogen) atoms. The van der Waals surface area contributed by atoms with E-state index in [4.69, 9.17) is 0 Å². The number of anilines is 2. The van der Waals surface area contributed by atoms with Crippen LogP contribution in [0.15, 0.2) is 36.8 Å². The van der Waals surface area contributed by atoms with Crippen molar-refractivity contribution < 1.29 is 13.6 Å². The number of hydrogen-bond acceptors (Lipinski definition) is 4. The highest BCUT2D eigenvalue weighted by Gasteiger charge is 2.23. The number of nitrogens with one attached hydrogen (secondary N) is 2. The predicted molar refractivity (Wildman–Crippen MR) is 93.1 cm³/mol. The van der Waals surface area contributed by atoms with Crippen molar-refractivity contribution in [2.75, 3.05) is 36.4 Å². The van der Waals surface area contributed by atoms with Gasteiger partial charge in [0, 0.05) is 44.1 Å². The third-order valence-electron chi connectivity index (χ3n) is 4.37. The fourth-order valence-electron chi connectivity index (χ4n) is 3.01. The summed E-state index contributed by atoms with van der Waals surface area (Å²) >= 11 is 0. The van der Waals surface area contributed by atoms with E-state index >= 15 is 0 Å².